The molecule has 6 heteroatoms. The molecule has 0 aromatic carbocycles. The molecule has 2 aromatic rings. The van der Waals surface area contributed by atoms with Crippen molar-refractivity contribution in [3.05, 3.63) is 29.3 Å². The van der Waals surface area contributed by atoms with Crippen LogP contribution in [0.5, 0.6) is 0 Å². The standard InChI is InChI=1S/C12H19N5O/c1-9-12(10(2)16(3)15-9)13-6-11-7-14-17(8-11)4-5-18/h7-8,13,18H,4-6H2,1-3H3. The second-order valence-electron chi connectivity index (χ2n) is 4.36. The molecular weight excluding hydrogens is 230 g/mol. The van der Waals surface area contributed by atoms with Crippen LogP contribution in [0.25, 0.3) is 0 Å². The maximum atomic E-state index is 8.82. The average Bonchev–Trinajstić information content (AvgIpc) is 2.85. The van der Waals surface area contributed by atoms with Crippen LogP contribution in [-0.4, -0.2) is 31.3 Å². The lowest BCUT2D eigenvalue weighted by Gasteiger charge is -2.04. The molecule has 2 N–H and O–H groups in total. The van der Waals surface area contributed by atoms with Crippen LogP contribution in [0.1, 0.15) is 17.0 Å². The molecule has 0 saturated heterocycles. The Hall–Kier alpha value is -1.82. The summed E-state index contributed by atoms with van der Waals surface area (Å²) in [6.07, 6.45) is 3.74. The number of aliphatic hydroxyl groups is 1. The Labute approximate surface area is 106 Å². The molecule has 0 aliphatic rings. The molecular formula is C12H19N5O. The van der Waals surface area contributed by atoms with E-state index in [1.807, 2.05) is 38.0 Å². The minimum atomic E-state index is 0.107. The number of rotatable bonds is 5. The van der Waals surface area contributed by atoms with Crippen LogP contribution in [0.2, 0.25) is 0 Å². The lowest BCUT2D eigenvalue weighted by atomic mass is 10.3. The molecule has 98 valence electrons. The van der Waals surface area contributed by atoms with Crippen molar-refractivity contribution >= 4 is 5.69 Å². The predicted octanol–water partition coefficient (Wildman–Crippen LogP) is 0.838. The van der Waals surface area contributed by atoms with E-state index in [0.717, 1.165) is 22.6 Å². The molecule has 0 spiro atoms. The van der Waals surface area contributed by atoms with Crippen molar-refractivity contribution in [2.75, 3.05) is 11.9 Å². The smallest absolute Gasteiger partial charge is 0.0827 e. The summed E-state index contributed by atoms with van der Waals surface area (Å²) in [5.74, 6) is 0. The third-order valence-electron chi connectivity index (χ3n) is 2.99. The lowest BCUT2D eigenvalue weighted by molar-refractivity contribution is 0.269. The summed E-state index contributed by atoms with van der Waals surface area (Å²) < 4.78 is 3.60. The zero-order valence-corrected chi connectivity index (χ0v) is 11.0. The summed E-state index contributed by atoms with van der Waals surface area (Å²) in [5, 5.41) is 20.7. The predicted molar refractivity (Wildman–Crippen MR) is 69.3 cm³/mol. The van der Waals surface area contributed by atoms with Gasteiger partial charge >= 0.3 is 0 Å². The first kappa shape index (κ1) is 12.6. The monoisotopic (exact) mass is 249 g/mol. The zero-order chi connectivity index (χ0) is 13.1. The summed E-state index contributed by atoms with van der Waals surface area (Å²) in [7, 11) is 1.94. The van der Waals surface area contributed by atoms with Crippen LogP contribution in [0.15, 0.2) is 12.4 Å². The van der Waals surface area contributed by atoms with Gasteiger partial charge in [-0.25, -0.2) is 0 Å². The Morgan fingerprint density at radius 1 is 1.39 bits per heavy atom. The summed E-state index contributed by atoms with van der Waals surface area (Å²) in [6.45, 7) is 5.38. The first-order valence-corrected chi connectivity index (χ1v) is 5.98. The highest BCUT2D eigenvalue weighted by molar-refractivity contribution is 5.52. The number of aliphatic hydroxyl groups excluding tert-OH is 1. The molecule has 0 saturated carbocycles. The van der Waals surface area contributed by atoms with E-state index in [1.165, 1.54) is 0 Å². The molecule has 18 heavy (non-hydrogen) atoms. The highest BCUT2D eigenvalue weighted by Gasteiger charge is 2.08. The van der Waals surface area contributed by atoms with Crippen LogP contribution < -0.4 is 5.32 Å². The van der Waals surface area contributed by atoms with E-state index in [9.17, 15) is 0 Å². The maximum absolute atomic E-state index is 8.82. The SMILES string of the molecule is Cc1nn(C)c(C)c1NCc1cnn(CCO)c1. The molecule has 0 radical (unpaired) electrons. The van der Waals surface area contributed by atoms with Crippen LogP contribution >= 0.6 is 0 Å². The van der Waals surface area contributed by atoms with Gasteiger partial charge in [0.15, 0.2) is 0 Å². The second kappa shape index (κ2) is 5.22. The molecule has 6 nitrogen and oxygen atoms in total. The topological polar surface area (TPSA) is 67.9 Å². The first-order chi connectivity index (χ1) is 8.61. The highest BCUT2D eigenvalue weighted by atomic mass is 16.3. The fraction of sp³-hybridized carbons (Fsp3) is 0.500. The van der Waals surface area contributed by atoms with E-state index < -0.39 is 0 Å². The fourth-order valence-corrected chi connectivity index (χ4v) is 1.94. The summed E-state index contributed by atoms with van der Waals surface area (Å²) >= 11 is 0. The van der Waals surface area contributed by atoms with Crippen LogP contribution in [-0.2, 0) is 20.1 Å². The van der Waals surface area contributed by atoms with Gasteiger partial charge in [-0.3, -0.25) is 9.36 Å². The van der Waals surface area contributed by atoms with Gasteiger partial charge in [0, 0.05) is 25.4 Å². The van der Waals surface area contributed by atoms with Gasteiger partial charge in [-0.2, -0.15) is 10.2 Å². The van der Waals surface area contributed by atoms with Gasteiger partial charge in [-0.05, 0) is 13.8 Å². The summed E-state index contributed by atoms with van der Waals surface area (Å²) in [6, 6.07) is 0. The molecule has 0 unspecified atom stereocenters. The summed E-state index contributed by atoms with van der Waals surface area (Å²) in [4.78, 5) is 0. The molecule has 2 aromatic heterocycles. The van der Waals surface area contributed by atoms with E-state index in [4.69, 9.17) is 5.11 Å². The van der Waals surface area contributed by atoms with Gasteiger partial charge in [-0.1, -0.05) is 0 Å². The van der Waals surface area contributed by atoms with Crippen LogP contribution in [0, 0.1) is 13.8 Å². The van der Waals surface area contributed by atoms with Gasteiger partial charge in [0.1, 0.15) is 0 Å². The number of hydrogen-bond donors (Lipinski definition) is 2. The Morgan fingerprint density at radius 2 is 2.17 bits per heavy atom. The minimum absolute atomic E-state index is 0.107. The molecule has 0 amide bonds. The minimum Gasteiger partial charge on any atom is -0.394 e. The van der Waals surface area contributed by atoms with Gasteiger partial charge in [-0.15, -0.1) is 0 Å². The first-order valence-electron chi connectivity index (χ1n) is 5.98. The van der Waals surface area contributed by atoms with Crippen LogP contribution in [0.4, 0.5) is 5.69 Å². The van der Waals surface area contributed by atoms with Gasteiger partial charge < -0.3 is 10.4 Å². The Morgan fingerprint density at radius 3 is 2.78 bits per heavy atom. The Bertz CT molecular complexity index is 529. The van der Waals surface area contributed by atoms with E-state index in [1.54, 1.807) is 4.68 Å². The Balaban J connectivity index is 2.02. The van der Waals surface area contributed by atoms with Crippen LogP contribution in [0.3, 0.4) is 0 Å². The van der Waals surface area contributed by atoms with Crippen molar-refractivity contribution in [2.24, 2.45) is 7.05 Å². The second-order valence-corrected chi connectivity index (χ2v) is 4.36. The molecule has 2 rings (SSSR count). The molecule has 0 atom stereocenters. The van der Waals surface area contributed by atoms with Crippen molar-refractivity contribution in [1.29, 1.82) is 0 Å². The van der Waals surface area contributed by atoms with E-state index in [2.05, 4.69) is 15.5 Å². The van der Waals surface area contributed by atoms with Gasteiger partial charge in [0.25, 0.3) is 0 Å². The third kappa shape index (κ3) is 2.53. The molecule has 0 aliphatic heterocycles. The number of hydrogen-bond acceptors (Lipinski definition) is 4. The number of aromatic nitrogens is 4. The van der Waals surface area contributed by atoms with E-state index in [-0.39, 0.29) is 6.61 Å². The van der Waals surface area contributed by atoms with Gasteiger partial charge in [0.05, 0.1) is 36.4 Å². The van der Waals surface area contributed by atoms with E-state index in [0.29, 0.717) is 13.1 Å². The molecule has 2 heterocycles. The van der Waals surface area contributed by atoms with Crippen molar-refractivity contribution < 1.29 is 5.11 Å². The molecule has 0 aliphatic carbocycles. The lowest BCUT2D eigenvalue weighted by Crippen LogP contribution is -2.03. The van der Waals surface area contributed by atoms with E-state index >= 15 is 0 Å². The van der Waals surface area contributed by atoms with Crippen molar-refractivity contribution in [3.8, 4) is 0 Å². The number of anilines is 1. The quantitative estimate of drug-likeness (QED) is 0.824. The molecule has 0 fully saturated rings. The van der Waals surface area contributed by atoms with Gasteiger partial charge in [0.2, 0.25) is 0 Å². The zero-order valence-electron chi connectivity index (χ0n) is 11.0. The summed E-state index contributed by atoms with van der Waals surface area (Å²) in [5.41, 5.74) is 4.28. The maximum Gasteiger partial charge on any atom is 0.0827 e. The highest BCUT2D eigenvalue weighted by Crippen LogP contribution is 2.19. The number of nitrogens with zero attached hydrogens (tertiary/aromatic N) is 4. The number of nitrogens with one attached hydrogen (secondary N) is 1. The van der Waals surface area contributed by atoms with Crippen molar-refractivity contribution in [2.45, 2.75) is 26.9 Å². The molecule has 0 bridgehead atoms. The third-order valence-corrected chi connectivity index (χ3v) is 2.99. The Kier molecular flexibility index (Phi) is 3.66. The van der Waals surface area contributed by atoms with Crippen molar-refractivity contribution in [1.82, 2.24) is 19.6 Å². The normalized spacial score (nSPS) is 10.9. The fourth-order valence-electron chi connectivity index (χ4n) is 1.94. The van der Waals surface area contributed by atoms with Crippen molar-refractivity contribution in [3.63, 3.8) is 0 Å². The average molecular weight is 249 g/mol. The number of aryl methyl sites for hydroxylation is 2. The largest absolute Gasteiger partial charge is 0.394 e.